The lowest BCUT2D eigenvalue weighted by Gasteiger charge is -2.02. The van der Waals surface area contributed by atoms with Crippen LogP contribution in [0.5, 0.6) is 0 Å². The first kappa shape index (κ1) is 15.3. The van der Waals surface area contributed by atoms with E-state index in [-0.39, 0.29) is 5.56 Å². The van der Waals surface area contributed by atoms with E-state index in [1.807, 2.05) is 48.5 Å². The van der Waals surface area contributed by atoms with E-state index in [9.17, 15) is 4.79 Å². The van der Waals surface area contributed by atoms with Gasteiger partial charge in [-0.15, -0.1) is 11.3 Å². The average molecular weight is 379 g/mol. The predicted octanol–water partition coefficient (Wildman–Crippen LogP) is 4.42. The molecule has 0 N–H and O–H groups in total. The fourth-order valence-electron chi connectivity index (χ4n) is 2.90. The number of halogens is 1. The number of thiophene rings is 1. The molecule has 0 aliphatic carbocycles. The van der Waals surface area contributed by atoms with Gasteiger partial charge in [-0.1, -0.05) is 41.9 Å². The number of aromatic nitrogens is 4. The van der Waals surface area contributed by atoms with Crippen LogP contribution in [0, 0.1) is 0 Å². The summed E-state index contributed by atoms with van der Waals surface area (Å²) >= 11 is 7.46. The van der Waals surface area contributed by atoms with E-state index >= 15 is 0 Å². The maximum Gasteiger partial charge on any atom is 0.284 e. The van der Waals surface area contributed by atoms with Crippen LogP contribution in [0.3, 0.4) is 0 Å². The van der Waals surface area contributed by atoms with Crippen LogP contribution < -0.4 is 5.56 Å². The van der Waals surface area contributed by atoms with Crippen LogP contribution >= 0.6 is 22.9 Å². The summed E-state index contributed by atoms with van der Waals surface area (Å²) in [4.78, 5) is 19.3. The lowest BCUT2D eigenvalue weighted by molar-refractivity contribution is 0.916. The van der Waals surface area contributed by atoms with Crippen LogP contribution in [0.25, 0.3) is 32.1 Å². The van der Waals surface area contributed by atoms with Gasteiger partial charge in [0.1, 0.15) is 11.2 Å². The molecule has 0 spiro atoms. The van der Waals surface area contributed by atoms with Crippen molar-refractivity contribution in [3.05, 3.63) is 82.4 Å². The van der Waals surface area contributed by atoms with Gasteiger partial charge in [-0.25, -0.2) is 4.98 Å². The van der Waals surface area contributed by atoms with Gasteiger partial charge >= 0.3 is 0 Å². The quantitative estimate of drug-likeness (QED) is 0.457. The van der Waals surface area contributed by atoms with Gasteiger partial charge < -0.3 is 0 Å². The van der Waals surface area contributed by atoms with Crippen molar-refractivity contribution in [2.24, 2.45) is 0 Å². The number of hydrogen-bond acceptors (Lipinski definition) is 4. The molecule has 0 radical (unpaired) electrons. The molecule has 5 nitrogen and oxygen atoms in total. The van der Waals surface area contributed by atoms with Crippen molar-refractivity contribution in [2.75, 3.05) is 0 Å². The van der Waals surface area contributed by atoms with Crippen molar-refractivity contribution in [1.29, 1.82) is 0 Å². The van der Waals surface area contributed by atoms with Crippen molar-refractivity contribution in [2.45, 2.75) is 0 Å². The summed E-state index contributed by atoms with van der Waals surface area (Å²) in [6.45, 7) is 0. The number of benzene rings is 2. The monoisotopic (exact) mass is 378 g/mol. The Bertz CT molecular complexity index is 1300. The molecule has 0 saturated carbocycles. The van der Waals surface area contributed by atoms with E-state index in [1.54, 1.807) is 23.0 Å². The molecule has 3 heterocycles. The largest absolute Gasteiger partial charge is 0.284 e. The van der Waals surface area contributed by atoms with Crippen molar-refractivity contribution < 1.29 is 0 Å². The Morgan fingerprint density at radius 1 is 1.00 bits per heavy atom. The molecule has 5 aromatic rings. The summed E-state index contributed by atoms with van der Waals surface area (Å²) in [5.74, 6) is 0.478. The molecule has 26 heavy (non-hydrogen) atoms. The van der Waals surface area contributed by atoms with E-state index in [4.69, 9.17) is 16.6 Å². The Morgan fingerprint density at radius 3 is 2.54 bits per heavy atom. The summed E-state index contributed by atoms with van der Waals surface area (Å²) in [7, 11) is 0. The Kier molecular flexibility index (Phi) is 3.41. The van der Waals surface area contributed by atoms with Crippen LogP contribution in [-0.2, 0) is 0 Å². The minimum atomic E-state index is -0.170. The lowest BCUT2D eigenvalue weighted by Crippen LogP contribution is -2.15. The Morgan fingerprint density at radius 2 is 1.77 bits per heavy atom. The number of hydrogen-bond donors (Lipinski definition) is 0. The minimum absolute atomic E-state index is 0.170. The average Bonchev–Trinajstić information content (AvgIpc) is 3.28. The Labute approximate surface area is 156 Å². The predicted molar refractivity (Wildman–Crippen MR) is 104 cm³/mol. The minimum Gasteiger partial charge on any atom is -0.267 e. The fraction of sp³-hybridized carbons (Fsp3) is 0. The summed E-state index contributed by atoms with van der Waals surface area (Å²) in [5.41, 5.74) is 1.74. The molecular formula is C19H11ClN4OS. The first-order chi connectivity index (χ1) is 12.7. The second-order valence-electron chi connectivity index (χ2n) is 5.80. The maximum atomic E-state index is 12.9. The molecule has 2 aromatic carbocycles. The zero-order valence-corrected chi connectivity index (χ0v) is 14.9. The van der Waals surface area contributed by atoms with Gasteiger partial charge in [0.15, 0.2) is 0 Å². The summed E-state index contributed by atoms with van der Waals surface area (Å²) in [6.07, 6.45) is 1.59. The van der Waals surface area contributed by atoms with Crippen LogP contribution in [0.15, 0.2) is 71.8 Å². The van der Waals surface area contributed by atoms with Crippen molar-refractivity contribution >= 4 is 38.9 Å². The van der Waals surface area contributed by atoms with Gasteiger partial charge in [-0.2, -0.15) is 9.61 Å². The standard InChI is InChI=1S/C19H11ClN4OS/c20-13-6-8-14(9-7-13)23-11-21-24-18(25)15-10-16(12-4-2-1-3-5-12)26-17(15)22-19(23)24/h1-11H. The van der Waals surface area contributed by atoms with Gasteiger partial charge in [-0.05, 0) is 35.9 Å². The van der Waals surface area contributed by atoms with Gasteiger partial charge in [0, 0.05) is 9.90 Å². The lowest BCUT2D eigenvalue weighted by atomic mass is 10.2. The molecule has 0 amide bonds. The molecule has 0 unspecified atom stereocenters. The van der Waals surface area contributed by atoms with Crippen LogP contribution in [0.4, 0.5) is 0 Å². The van der Waals surface area contributed by atoms with Crippen molar-refractivity contribution in [3.63, 3.8) is 0 Å². The van der Waals surface area contributed by atoms with E-state index in [1.165, 1.54) is 15.9 Å². The second kappa shape index (κ2) is 5.79. The zero-order chi connectivity index (χ0) is 17.7. The van der Waals surface area contributed by atoms with Crippen LogP contribution in [-0.4, -0.2) is 19.2 Å². The molecule has 0 saturated heterocycles. The second-order valence-corrected chi connectivity index (χ2v) is 7.27. The van der Waals surface area contributed by atoms with Gasteiger partial charge in [0.05, 0.1) is 11.1 Å². The number of rotatable bonds is 2. The first-order valence-corrected chi connectivity index (χ1v) is 9.11. The smallest absolute Gasteiger partial charge is 0.267 e. The molecular weight excluding hydrogens is 368 g/mol. The van der Waals surface area contributed by atoms with E-state index in [0.29, 0.717) is 21.0 Å². The van der Waals surface area contributed by atoms with Gasteiger partial charge in [-0.3, -0.25) is 9.36 Å². The number of nitrogens with zero attached hydrogens (tertiary/aromatic N) is 4. The molecule has 5 rings (SSSR count). The zero-order valence-electron chi connectivity index (χ0n) is 13.3. The third kappa shape index (κ3) is 2.34. The highest BCUT2D eigenvalue weighted by molar-refractivity contribution is 7.21. The fourth-order valence-corrected chi connectivity index (χ4v) is 4.05. The SMILES string of the molecule is O=c1c2cc(-c3ccccc3)sc2nc2n(-c3ccc(Cl)cc3)cnn12. The highest BCUT2D eigenvalue weighted by Crippen LogP contribution is 2.31. The van der Waals surface area contributed by atoms with Crippen LogP contribution in [0.2, 0.25) is 5.02 Å². The maximum absolute atomic E-state index is 12.9. The van der Waals surface area contributed by atoms with Gasteiger partial charge in [0.2, 0.25) is 5.78 Å². The third-order valence-electron chi connectivity index (χ3n) is 4.19. The molecule has 0 aliphatic rings. The van der Waals surface area contributed by atoms with Gasteiger partial charge in [0.25, 0.3) is 5.56 Å². The summed E-state index contributed by atoms with van der Waals surface area (Å²) < 4.78 is 3.11. The molecule has 0 fully saturated rings. The van der Waals surface area contributed by atoms with E-state index in [2.05, 4.69) is 5.10 Å². The molecule has 3 aromatic heterocycles. The molecule has 0 atom stereocenters. The summed E-state index contributed by atoms with van der Waals surface area (Å²) in [5, 5.41) is 5.45. The molecule has 7 heteroatoms. The van der Waals surface area contributed by atoms with Crippen molar-refractivity contribution in [3.8, 4) is 16.1 Å². The Hall–Kier alpha value is -2.96. The normalized spacial score (nSPS) is 11.4. The van der Waals surface area contributed by atoms with E-state index in [0.717, 1.165) is 16.1 Å². The highest BCUT2D eigenvalue weighted by atomic mass is 35.5. The molecule has 0 bridgehead atoms. The molecule has 126 valence electrons. The van der Waals surface area contributed by atoms with Crippen molar-refractivity contribution in [1.82, 2.24) is 19.2 Å². The molecule has 0 aliphatic heterocycles. The van der Waals surface area contributed by atoms with E-state index < -0.39 is 0 Å². The highest BCUT2D eigenvalue weighted by Gasteiger charge is 2.15. The first-order valence-electron chi connectivity index (χ1n) is 7.92. The van der Waals surface area contributed by atoms with Crippen LogP contribution in [0.1, 0.15) is 0 Å². The topological polar surface area (TPSA) is 52.2 Å². The Balaban J connectivity index is 1.76. The number of fused-ring (bicyclic) bond motifs is 2. The third-order valence-corrected chi connectivity index (χ3v) is 5.52. The summed E-state index contributed by atoms with van der Waals surface area (Å²) in [6, 6.07) is 19.2.